The van der Waals surface area contributed by atoms with Gasteiger partial charge in [0, 0.05) is 47.9 Å². The highest BCUT2D eigenvalue weighted by molar-refractivity contribution is 9.10. The molecule has 7 aromatic rings. The zero-order valence-corrected chi connectivity index (χ0v) is 30.7. The third-order valence-corrected chi connectivity index (χ3v) is 9.22. The lowest BCUT2D eigenvalue weighted by atomic mass is 10.2. The number of aryl methyl sites for hydroxylation is 2. The topological polar surface area (TPSA) is 149 Å². The van der Waals surface area contributed by atoms with Crippen LogP contribution in [-0.4, -0.2) is 79.8 Å². The number of nitrogens with zero attached hydrogens (tertiary/aromatic N) is 6. The smallest absolute Gasteiger partial charge is 0.343 e. The highest BCUT2D eigenvalue weighted by Gasteiger charge is 2.16. The van der Waals surface area contributed by atoms with Crippen molar-refractivity contribution >= 4 is 66.5 Å². The molecule has 5 aromatic heterocycles. The fraction of sp³-hybridized carbons (Fsp3) is 0.250. The van der Waals surface area contributed by atoms with E-state index in [1.165, 1.54) is 12.7 Å². The van der Waals surface area contributed by atoms with Crippen LogP contribution in [0, 0.1) is 13.8 Å². The molecule has 0 saturated carbocycles. The predicted molar refractivity (Wildman–Crippen MR) is 202 cm³/mol. The molecule has 0 bridgehead atoms. The number of rotatable bonds is 13. The van der Waals surface area contributed by atoms with Crippen LogP contribution in [0.5, 0.6) is 5.75 Å². The van der Waals surface area contributed by atoms with Crippen molar-refractivity contribution in [3.63, 3.8) is 0 Å². The SMILES string of the molecule is COC(=O)COc1cccc(-c2cc3nc(NCCO)c4ncc(C)n4c3s2)c1.Cc1cnc2c(NCCOCc3ccccc3)nc(Br)cn12. The number of esters is 1. The van der Waals surface area contributed by atoms with E-state index in [1.54, 1.807) is 23.6 Å². The molecule has 51 heavy (non-hydrogen) atoms. The molecule has 0 aliphatic carbocycles. The van der Waals surface area contributed by atoms with Gasteiger partial charge in [-0.1, -0.05) is 42.5 Å². The van der Waals surface area contributed by atoms with Crippen LogP contribution < -0.4 is 15.4 Å². The van der Waals surface area contributed by atoms with E-state index in [2.05, 4.69) is 62.8 Å². The van der Waals surface area contributed by atoms with Crippen LogP contribution in [0.3, 0.4) is 0 Å². The Morgan fingerprint density at radius 2 is 1.71 bits per heavy atom. The minimum atomic E-state index is -0.428. The number of aliphatic hydroxyl groups excluding tert-OH is 1. The summed E-state index contributed by atoms with van der Waals surface area (Å²) in [6, 6.07) is 19.7. The summed E-state index contributed by atoms with van der Waals surface area (Å²) in [6.07, 6.45) is 5.55. The van der Waals surface area contributed by atoms with Crippen molar-refractivity contribution in [2.45, 2.75) is 20.5 Å². The average molecular weight is 774 g/mol. The molecule has 264 valence electrons. The molecule has 5 heterocycles. The Hall–Kier alpha value is -5.09. The molecule has 0 amide bonds. The Morgan fingerprint density at radius 1 is 0.941 bits per heavy atom. The van der Waals surface area contributed by atoms with E-state index in [-0.39, 0.29) is 13.2 Å². The number of thiophene rings is 1. The Kier molecular flexibility index (Phi) is 11.7. The van der Waals surface area contributed by atoms with Crippen molar-refractivity contribution in [2.24, 2.45) is 0 Å². The van der Waals surface area contributed by atoms with Crippen molar-refractivity contribution in [2.75, 3.05) is 50.7 Å². The first kappa shape index (κ1) is 35.7. The molecule has 2 aromatic carbocycles. The number of hydrogen-bond acceptors (Lipinski definition) is 12. The fourth-order valence-corrected chi connectivity index (χ4v) is 6.76. The number of nitrogens with one attached hydrogen (secondary N) is 2. The molecule has 0 unspecified atom stereocenters. The highest BCUT2D eigenvalue weighted by atomic mass is 79.9. The minimum Gasteiger partial charge on any atom is -0.482 e. The van der Waals surface area contributed by atoms with Crippen molar-refractivity contribution in [3.05, 3.63) is 101 Å². The molecule has 7 rings (SSSR count). The normalized spacial score (nSPS) is 11.1. The predicted octanol–water partition coefficient (Wildman–Crippen LogP) is 6.30. The lowest BCUT2D eigenvalue weighted by Gasteiger charge is -2.09. The number of halogens is 1. The first-order valence-electron chi connectivity index (χ1n) is 16.1. The van der Waals surface area contributed by atoms with E-state index in [9.17, 15) is 4.79 Å². The molecule has 0 saturated heterocycles. The molecule has 0 spiro atoms. The van der Waals surface area contributed by atoms with Gasteiger partial charge in [-0.05, 0) is 59.1 Å². The minimum absolute atomic E-state index is 0.0127. The van der Waals surface area contributed by atoms with Gasteiger partial charge in [-0.25, -0.2) is 24.7 Å². The fourth-order valence-electron chi connectivity index (χ4n) is 5.22. The van der Waals surface area contributed by atoms with Crippen molar-refractivity contribution in [1.82, 2.24) is 28.7 Å². The van der Waals surface area contributed by atoms with E-state index >= 15 is 0 Å². The zero-order valence-electron chi connectivity index (χ0n) is 28.3. The maximum Gasteiger partial charge on any atom is 0.343 e. The van der Waals surface area contributed by atoms with Crippen molar-refractivity contribution in [1.29, 1.82) is 0 Å². The number of carbonyl (C=O) groups excluding carboxylic acids is 1. The zero-order chi connectivity index (χ0) is 35.7. The maximum absolute atomic E-state index is 11.3. The van der Waals surface area contributed by atoms with Gasteiger partial charge in [-0.3, -0.25) is 8.80 Å². The van der Waals surface area contributed by atoms with Gasteiger partial charge in [0.25, 0.3) is 0 Å². The van der Waals surface area contributed by atoms with Crippen LogP contribution in [0.4, 0.5) is 11.6 Å². The van der Waals surface area contributed by atoms with Gasteiger partial charge in [0.2, 0.25) is 0 Å². The van der Waals surface area contributed by atoms with Gasteiger partial charge < -0.3 is 30.0 Å². The van der Waals surface area contributed by atoms with Crippen LogP contribution in [-0.2, 0) is 20.9 Å². The second kappa shape index (κ2) is 16.7. The van der Waals surface area contributed by atoms with Gasteiger partial charge in [-0.15, -0.1) is 11.3 Å². The summed E-state index contributed by atoms with van der Waals surface area (Å²) in [5.41, 5.74) is 6.60. The van der Waals surface area contributed by atoms with E-state index in [1.807, 2.05) is 73.1 Å². The molecule has 0 atom stereocenters. The van der Waals surface area contributed by atoms with E-state index in [0.717, 1.165) is 53.9 Å². The van der Waals surface area contributed by atoms with Gasteiger partial charge in [-0.2, -0.15) is 0 Å². The Labute approximate surface area is 306 Å². The number of aliphatic hydroxyl groups is 1. The largest absolute Gasteiger partial charge is 0.482 e. The number of ether oxygens (including phenoxy) is 3. The van der Waals surface area contributed by atoms with Crippen LogP contribution in [0.15, 0.2) is 83.9 Å². The number of methoxy groups -OCH3 is 1. The summed E-state index contributed by atoms with van der Waals surface area (Å²) in [7, 11) is 1.33. The molecule has 0 aliphatic rings. The van der Waals surface area contributed by atoms with Crippen LogP contribution in [0.25, 0.3) is 32.1 Å². The lowest BCUT2D eigenvalue weighted by Crippen LogP contribution is -2.12. The number of carbonyl (C=O) groups is 1. The Balaban J connectivity index is 0.000000183. The molecule has 0 aliphatic heterocycles. The van der Waals surface area contributed by atoms with E-state index in [0.29, 0.717) is 37.9 Å². The number of fused-ring (bicyclic) bond motifs is 4. The van der Waals surface area contributed by atoms with Crippen molar-refractivity contribution in [3.8, 4) is 16.2 Å². The monoisotopic (exact) mass is 772 g/mol. The summed E-state index contributed by atoms with van der Waals surface area (Å²) in [4.78, 5) is 31.3. The number of benzene rings is 2. The van der Waals surface area contributed by atoms with Gasteiger partial charge >= 0.3 is 5.97 Å². The third kappa shape index (κ3) is 8.63. The summed E-state index contributed by atoms with van der Waals surface area (Å²) in [6.45, 7) is 6.19. The van der Waals surface area contributed by atoms with Crippen LogP contribution in [0.2, 0.25) is 0 Å². The second-order valence-electron chi connectivity index (χ2n) is 11.3. The molecule has 0 fully saturated rings. The number of hydrogen-bond donors (Lipinski definition) is 3. The maximum atomic E-state index is 11.3. The summed E-state index contributed by atoms with van der Waals surface area (Å²) in [5, 5.41) is 15.5. The van der Waals surface area contributed by atoms with Gasteiger partial charge in [0.1, 0.15) is 20.7 Å². The van der Waals surface area contributed by atoms with E-state index < -0.39 is 5.97 Å². The van der Waals surface area contributed by atoms with Crippen LogP contribution >= 0.6 is 27.3 Å². The first-order valence-corrected chi connectivity index (χ1v) is 17.7. The Bertz CT molecular complexity index is 2260. The summed E-state index contributed by atoms with van der Waals surface area (Å²) >= 11 is 5.03. The van der Waals surface area contributed by atoms with Crippen LogP contribution in [0.1, 0.15) is 17.0 Å². The molecule has 3 N–H and O–H groups in total. The summed E-state index contributed by atoms with van der Waals surface area (Å²) in [5.74, 6) is 1.56. The first-order chi connectivity index (χ1) is 24.8. The number of imidazole rings is 2. The second-order valence-corrected chi connectivity index (χ2v) is 13.2. The summed E-state index contributed by atoms with van der Waals surface area (Å²) < 4.78 is 20.6. The quantitative estimate of drug-likeness (QED) is 0.0895. The van der Waals surface area contributed by atoms with Crippen molar-refractivity contribution < 1.29 is 24.1 Å². The number of anilines is 2. The standard InChI is InChI=1S/C20H20N4O4S.C16H17BrN4O/c1-12-10-22-19-18(21-6-7-25)23-15-9-16(29-20(15)24(12)19)13-4-3-5-14(8-13)28-11-17(26)27-2;1-12-9-19-16-15(20-14(17)10-21(12)16)18-7-8-22-11-13-5-3-2-4-6-13/h3-5,8-10,25H,6-7,11H2,1-2H3,(H,21,23);2-6,9-10H,7-8,11H2,1H3,(H,18,20). The van der Waals surface area contributed by atoms with Gasteiger partial charge in [0.15, 0.2) is 29.5 Å². The van der Waals surface area contributed by atoms with E-state index in [4.69, 9.17) is 19.6 Å². The Morgan fingerprint density at radius 3 is 2.51 bits per heavy atom. The molecule has 13 nitrogen and oxygen atoms in total. The molecular weight excluding hydrogens is 736 g/mol. The highest BCUT2D eigenvalue weighted by Crippen LogP contribution is 2.36. The molecular formula is C36H37BrN8O5S. The number of aromatic nitrogens is 6. The third-order valence-electron chi connectivity index (χ3n) is 7.68. The molecule has 15 heteroatoms. The lowest BCUT2D eigenvalue weighted by molar-refractivity contribution is -0.142. The average Bonchev–Trinajstić information content (AvgIpc) is 3.86. The van der Waals surface area contributed by atoms with Gasteiger partial charge in [0.05, 0.1) is 26.9 Å². The molecule has 0 radical (unpaired) electrons.